The van der Waals surface area contributed by atoms with E-state index in [1.165, 1.54) is 5.56 Å². The number of aliphatic hydroxyl groups is 1. The lowest BCUT2D eigenvalue weighted by Gasteiger charge is -2.25. The van der Waals surface area contributed by atoms with E-state index in [0.29, 0.717) is 6.61 Å². The maximum atomic E-state index is 9.99. The lowest BCUT2D eigenvalue weighted by molar-refractivity contribution is 0.0517. The van der Waals surface area contributed by atoms with Crippen LogP contribution in [-0.4, -0.2) is 47.4 Å². The molecule has 25 heavy (non-hydrogen) atoms. The molecule has 1 saturated heterocycles. The average Bonchev–Trinajstić information content (AvgIpc) is 2.99. The molecule has 1 unspecified atom stereocenters. The van der Waals surface area contributed by atoms with E-state index in [2.05, 4.69) is 23.1 Å². The Morgan fingerprint density at radius 2 is 2.00 bits per heavy atom. The Morgan fingerprint density at radius 1 is 1.28 bits per heavy atom. The summed E-state index contributed by atoms with van der Waals surface area (Å²) >= 11 is 0. The van der Waals surface area contributed by atoms with Crippen LogP contribution in [0.5, 0.6) is 0 Å². The molecule has 4 heteroatoms. The van der Waals surface area contributed by atoms with E-state index in [-0.39, 0.29) is 5.92 Å². The largest absolute Gasteiger partial charge is 0.389 e. The third kappa shape index (κ3) is 4.58. The highest BCUT2D eigenvalue weighted by Crippen LogP contribution is 2.28. The Morgan fingerprint density at radius 3 is 2.60 bits per heavy atom. The highest BCUT2D eigenvalue weighted by atomic mass is 16.5. The molecule has 1 fully saturated rings. The van der Waals surface area contributed by atoms with Crippen LogP contribution in [0, 0.1) is 11.3 Å². The van der Waals surface area contributed by atoms with E-state index in [9.17, 15) is 10.4 Å². The Balaban J connectivity index is 1.48. The minimum Gasteiger partial charge on any atom is -0.389 e. The summed E-state index contributed by atoms with van der Waals surface area (Å²) in [5.74, 6) is 0.193. The van der Waals surface area contributed by atoms with Gasteiger partial charge in [-0.1, -0.05) is 42.5 Å². The number of allylic oxidation sites excluding steroid dienone is 2. The van der Waals surface area contributed by atoms with Crippen molar-refractivity contribution >= 4 is 0 Å². The van der Waals surface area contributed by atoms with Gasteiger partial charge in [0.05, 0.1) is 12.2 Å². The molecule has 1 heterocycles. The molecule has 0 bridgehead atoms. The lowest BCUT2D eigenvalue weighted by atomic mass is 9.89. The van der Waals surface area contributed by atoms with Gasteiger partial charge in [0.15, 0.2) is 5.60 Å². The fourth-order valence-electron chi connectivity index (χ4n) is 3.47. The topological polar surface area (TPSA) is 56.5 Å². The SMILES string of the molecule is CC1(O)CCN(CCCOC2(C#N)C=CC(c3ccccc3)C=C2)C1. The maximum absolute atomic E-state index is 9.99. The number of β-amino-alcohol motifs (C(OH)–C–C–N with tert-alkyl or cyclic N) is 1. The zero-order valence-electron chi connectivity index (χ0n) is 14.8. The second-order valence-corrected chi connectivity index (χ2v) is 7.28. The number of hydrogen-bond donors (Lipinski definition) is 1. The standard InChI is InChI=1S/C21H26N2O2/c1-20(24)12-14-23(17-20)13-5-15-25-21(16-22)10-8-19(9-11-21)18-6-3-2-4-7-18/h2-4,6-11,19,24H,5,12-15,17H2,1H3. The van der Waals surface area contributed by atoms with Crippen molar-refractivity contribution in [2.24, 2.45) is 0 Å². The highest BCUT2D eigenvalue weighted by molar-refractivity contribution is 5.39. The third-order valence-electron chi connectivity index (χ3n) is 4.95. The maximum Gasteiger partial charge on any atom is 0.191 e. The molecule has 1 atom stereocenters. The summed E-state index contributed by atoms with van der Waals surface area (Å²) in [5.41, 5.74) is -0.305. The molecule has 3 rings (SSSR count). The Bertz CT molecular complexity index is 659. The minimum absolute atomic E-state index is 0.193. The van der Waals surface area contributed by atoms with E-state index in [1.807, 2.05) is 49.4 Å². The number of nitriles is 1. The van der Waals surface area contributed by atoms with Crippen LogP contribution in [0.3, 0.4) is 0 Å². The van der Waals surface area contributed by atoms with Gasteiger partial charge in [-0.15, -0.1) is 0 Å². The van der Waals surface area contributed by atoms with Gasteiger partial charge in [-0.2, -0.15) is 5.26 Å². The quantitative estimate of drug-likeness (QED) is 0.640. The zero-order chi connectivity index (χ0) is 17.8. The van der Waals surface area contributed by atoms with Gasteiger partial charge in [0.2, 0.25) is 0 Å². The Hall–Kier alpha value is -1.93. The third-order valence-corrected chi connectivity index (χ3v) is 4.95. The summed E-state index contributed by atoms with van der Waals surface area (Å²) in [5, 5.41) is 19.5. The number of hydrogen-bond acceptors (Lipinski definition) is 4. The average molecular weight is 338 g/mol. The van der Waals surface area contributed by atoms with Gasteiger partial charge in [-0.25, -0.2) is 0 Å². The molecule has 0 aromatic heterocycles. The second-order valence-electron chi connectivity index (χ2n) is 7.28. The number of likely N-dealkylation sites (tertiary alicyclic amines) is 1. The van der Waals surface area contributed by atoms with Crippen LogP contribution in [-0.2, 0) is 4.74 Å². The van der Waals surface area contributed by atoms with Crippen LogP contribution in [0.15, 0.2) is 54.6 Å². The van der Waals surface area contributed by atoms with Crippen molar-refractivity contribution in [3.63, 3.8) is 0 Å². The molecule has 2 aliphatic rings. The molecule has 1 aromatic carbocycles. The first kappa shape index (κ1) is 17.9. The number of rotatable bonds is 6. The van der Waals surface area contributed by atoms with Gasteiger partial charge in [0.25, 0.3) is 0 Å². The second kappa shape index (κ2) is 7.53. The molecule has 4 nitrogen and oxygen atoms in total. The van der Waals surface area contributed by atoms with E-state index in [1.54, 1.807) is 0 Å². The fourth-order valence-corrected chi connectivity index (χ4v) is 3.47. The normalized spacial score (nSPS) is 32.0. The first-order valence-corrected chi connectivity index (χ1v) is 8.96. The van der Waals surface area contributed by atoms with Gasteiger partial charge in [0.1, 0.15) is 6.07 Å². The van der Waals surface area contributed by atoms with Crippen LogP contribution >= 0.6 is 0 Å². The summed E-state index contributed by atoms with van der Waals surface area (Å²) in [6.45, 7) is 4.94. The van der Waals surface area contributed by atoms with Gasteiger partial charge < -0.3 is 14.7 Å². The van der Waals surface area contributed by atoms with Crippen molar-refractivity contribution < 1.29 is 9.84 Å². The molecule has 0 saturated carbocycles. The van der Waals surface area contributed by atoms with Crippen LogP contribution in [0.1, 0.15) is 31.2 Å². The molecule has 0 amide bonds. The number of ether oxygens (including phenoxy) is 1. The van der Waals surface area contributed by atoms with Crippen molar-refractivity contribution in [1.29, 1.82) is 5.26 Å². The first-order chi connectivity index (χ1) is 12.0. The van der Waals surface area contributed by atoms with Crippen molar-refractivity contribution in [2.45, 2.75) is 36.9 Å². The molecule has 1 N–H and O–H groups in total. The van der Waals surface area contributed by atoms with Gasteiger partial charge >= 0.3 is 0 Å². The lowest BCUT2D eigenvalue weighted by Crippen LogP contribution is -2.32. The fraction of sp³-hybridized carbons (Fsp3) is 0.476. The van der Waals surface area contributed by atoms with E-state index >= 15 is 0 Å². The van der Waals surface area contributed by atoms with Crippen LogP contribution in [0.4, 0.5) is 0 Å². The van der Waals surface area contributed by atoms with Crippen molar-refractivity contribution in [2.75, 3.05) is 26.2 Å². The molecule has 0 radical (unpaired) electrons. The Labute approximate surface area is 150 Å². The molecule has 132 valence electrons. The monoisotopic (exact) mass is 338 g/mol. The van der Waals surface area contributed by atoms with Crippen molar-refractivity contribution in [1.82, 2.24) is 4.90 Å². The summed E-state index contributed by atoms with van der Waals surface area (Å²) in [6.07, 6.45) is 9.48. The summed E-state index contributed by atoms with van der Waals surface area (Å²) in [7, 11) is 0. The minimum atomic E-state index is -0.957. The summed E-state index contributed by atoms with van der Waals surface area (Å²) < 4.78 is 5.89. The van der Waals surface area contributed by atoms with E-state index < -0.39 is 11.2 Å². The molecule has 0 spiro atoms. The molecular formula is C21H26N2O2. The predicted octanol–water partition coefficient (Wildman–Crippen LogP) is 3.02. The molecule has 1 aliphatic heterocycles. The van der Waals surface area contributed by atoms with E-state index in [4.69, 9.17) is 4.74 Å². The first-order valence-electron chi connectivity index (χ1n) is 8.96. The zero-order valence-corrected chi connectivity index (χ0v) is 14.8. The Kier molecular flexibility index (Phi) is 5.39. The van der Waals surface area contributed by atoms with Crippen molar-refractivity contribution in [3.05, 3.63) is 60.2 Å². The predicted molar refractivity (Wildman–Crippen MR) is 98.1 cm³/mol. The number of nitrogens with zero attached hydrogens (tertiary/aromatic N) is 2. The van der Waals surface area contributed by atoms with Gasteiger partial charge in [0, 0.05) is 25.6 Å². The highest BCUT2D eigenvalue weighted by Gasteiger charge is 2.31. The molecule has 1 aliphatic carbocycles. The molecular weight excluding hydrogens is 312 g/mol. The summed E-state index contributed by atoms with van der Waals surface area (Å²) in [4.78, 5) is 2.25. The molecule has 1 aromatic rings. The van der Waals surface area contributed by atoms with Crippen LogP contribution in [0.25, 0.3) is 0 Å². The number of benzene rings is 1. The smallest absolute Gasteiger partial charge is 0.191 e. The van der Waals surface area contributed by atoms with Crippen LogP contribution < -0.4 is 0 Å². The van der Waals surface area contributed by atoms with Gasteiger partial charge in [-0.05, 0) is 37.5 Å². The summed E-state index contributed by atoms with van der Waals surface area (Å²) in [6, 6.07) is 12.5. The van der Waals surface area contributed by atoms with E-state index in [0.717, 1.165) is 32.5 Å². The van der Waals surface area contributed by atoms with Crippen molar-refractivity contribution in [3.8, 4) is 6.07 Å². The van der Waals surface area contributed by atoms with Crippen LogP contribution in [0.2, 0.25) is 0 Å². The van der Waals surface area contributed by atoms with Gasteiger partial charge in [-0.3, -0.25) is 0 Å².